The van der Waals surface area contributed by atoms with Crippen LogP contribution in [0.1, 0.15) is 73.7 Å². The molecule has 0 radical (unpaired) electrons. The van der Waals surface area contributed by atoms with E-state index in [-0.39, 0.29) is 6.04 Å². The van der Waals surface area contributed by atoms with E-state index in [0.29, 0.717) is 5.92 Å². The van der Waals surface area contributed by atoms with Gasteiger partial charge >= 0.3 is 0 Å². The highest BCUT2D eigenvalue weighted by molar-refractivity contribution is 5.05. The zero-order valence-corrected chi connectivity index (χ0v) is 13.0. The van der Waals surface area contributed by atoms with E-state index in [4.69, 9.17) is 8.94 Å². The Morgan fingerprint density at radius 1 is 1.14 bits per heavy atom. The molecule has 2 fully saturated rings. The van der Waals surface area contributed by atoms with Gasteiger partial charge in [0.1, 0.15) is 0 Å². The Morgan fingerprint density at radius 2 is 2.00 bits per heavy atom. The number of hydrogen-bond donors (Lipinski definition) is 0. The first-order valence-electron chi connectivity index (χ1n) is 8.29. The monoisotopic (exact) mass is 302 g/mol. The molecule has 1 atom stereocenters. The topological polar surface area (TPSA) is 68.2 Å². The number of piperidine rings is 1. The van der Waals surface area contributed by atoms with Crippen molar-refractivity contribution in [3.63, 3.8) is 0 Å². The highest BCUT2D eigenvalue weighted by Crippen LogP contribution is 2.37. The molecule has 118 valence electrons. The third-order valence-corrected chi connectivity index (χ3v) is 4.85. The summed E-state index contributed by atoms with van der Waals surface area (Å²) < 4.78 is 11.4. The van der Waals surface area contributed by atoms with Gasteiger partial charge in [-0.25, -0.2) is 0 Å². The molecule has 6 heteroatoms. The Bertz CT molecular complexity index is 632. The van der Waals surface area contributed by atoms with E-state index in [1.165, 1.54) is 32.1 Å². The maximum atomic E-state index is 5.99. The fourth-order valence-corrected chi connectivity index (χ4v) is 3.35. The lowest BCUT2D eigenvalue weighted by molar-refractivity contribution is 0.104. The quantitative estimate of drug-likeness (QED) is 0.862. The van der Waals surface area contributed by atoms with Crippen LogP contribution >= 0.6 is 0 Å². The Kier molecular flexibility index (Phi) is 3.70. The summed E-state index contributed by atoms with van der Waals surface area (Å²) in [6.07, 6.45) is 7.13. The van der Waals surface area contributed by atoms with E-state index in [9.17, 15) is 0 Å². The third kappa shape index (κ3) is 2.67. The lowest BCUT2D eigenvalue weighted by Crippen LogP contribution is -2.33. The van der Waals surface area contributed by atoms with Crippen LogP contribution in [0.5, 0.6) is 0 Å². The molecular weight excluding hydrogens is 280 g/mol. The second-order valence-electron chi connectivity index (χ2n) is 6.52. The first-order valence-corrected chi connectivity index (χ1v) is 8.29. The van der Waals surface area contributed by atoms with Crippen LogP contribution < -0.4 is 0 Å². The molecule has 1 aliphatic carbocycles. The highest BCUT2D eigenvalue weighted by Gasteiger charge is 2.31. The van der Waals surface area contributed by atoms with Gasteiger partial charge in [-0.15, -0.1) is 10.2 Å². The molecule has 0 bridgehead atoms. The maximum absolute atomic E-state index is 5.99. The molecular formula is C16H22N4O2. The van der Waals surface area contributed by atoms with Crippen LogP contribution in [0.3, 0.4) is 0 Å². The van der Waals surface area contributed by atoms with Gasteiger partial charge in [0, 0.05) is 12.0 Å². The summed E-state index contributed by atoms with van der Waals surface area (Å²) in [5, 5.41) is 12.6. The fourth-order valence-electron chi connectivity index (χ4n) is 3.35. The predicted molar refractivity (Wildman–Crippen MR) is 79.1 cm³/mol. The minimum absolute atomic E-state index is 0.209. The summed E-state index contributed by atoms with van der Waals surface area (Å²) in [6, 6.07) is 2.21. The molecule has 0 amide bonds. The van der Waals surface area contributed by atoms with Gasteiger partial charge in [0.05, 0.1) is 18.3 Å². The molecule has 2 aromatic rings. The van der Waals surface area contributed by atoms with Crippen molar-refractivity contribution in [3.05, 3.63) is 29.3 Å². The number of rotatable bonds is 4. The molecule has 0 spiro atoms. The van der Waals surface area contributed by atoms with Crippen molar-refractivity contribution in [2.75, 3.05) is 6.54 Å². The van der Waals surface area contributed by atoms with E-state index in [1.54, 1.807) is 0 Å². The SMILES string of the molecule is Cc1cc(CN2CCCCC2c2nnc(C3CCC3)o2)on1. The molecule has 3 heterocycles. The van der Waals surface area contributed by atoms with Gasteiger partial charge in [-0.2, -0.15) is 0 Å². The molecule has 22 heavy (non-hydrogen) atoms. The van der Waals surface area contributed by atoms with Gasteiger partial charge in [-0.1, -0.05) is 18.0 Å². The van der Waals surface area contributed by atoms with E-state index < -0.39 is 0 Å². The normalized spacial score (nSPS) is 23.6. The van der Waals surface area contributed by atoms with Crippen LogP contribution in [0, 0.1) is 6.92 Å². The predicted octanol–water partition coefficient (Wildman–Crippen LogP) is 3.36. The molecule has 2 aromatic heterocycles. The average Bonchev–Trinajstić information content (AvgIpc) is 3.08. The van der Waals surface area contributed by atoms with Crippen LogP contribution in [-0.4, -0.2) is 26.8 Å². The summed E-state index contributed by atoms with van der Waals surface area (Å²) in [5.74, 6) is 3.01. The van der Waals surface area contributed by atoms with E-state index in [1.807, 2.05) is 13.0 Å². The minimum atomic E-state index is 0.209. The van der Waals surface area contributed by atoms with Crippen molar-refractivity contribution in [2.24, 2.45) is 0 Å². The molecule has 0 N–H and O–H groups in total. The molecule has 1 saturated carbocycles. The summed E-state index contributed by atoms with van der Waals surface area (Å²) in [6.45, 7) is 3.74. The van der Waals surface area contributed by atoms with Crippen molar-refractivity contribution in [1.82, 2.24) is 20.3 Å². The van der Waals surface area contributed by atoms with Gasteiger partial charge in [-0.3, -0.25) is 4.90 Å². The van der Waals surface area contributed by atoms with Gasteiger partial charge in [0.15, 0.2) is 5.76 Å². The van der Waals surface area contributed by atoms with Crippen molar-refractivity contribution in [3.8, 4) is 0 Å². The number of aromatic nitrogens is 3. The minimum Gasteiger partial charge on any atom is -0.423 e. The van der Waals surface area contributed by atoms with Gasteiger partial charge in [0.25, 0.3) is 0 Å². The number of aryl methyl sites for hydroxylation is 1. The maximum Gasteiger partial charge on any atom is 0.233 e. The Labute approximate surface area is 129 Å². The Morgan fingerprint density at radius 3 is 2.73 bits per heavy atom. The van der Waals surface area contributed by atoms with Crippen molar-refractivity contribution >= 4 is 0 Å². The van der Waals surface area contributed by atoms with Crippen LogP contribution in [0.2, 0.25) is 0 Å². The van der Waals surface area contributed by atoms with Crippen LogP contribution in [-0.2, 0) is 6.54 Å². The molecule has 1 aliphatic heterocycles. The molecule has 6 nitrogen and oxygen atoms in total. The van der Waals surface area contributed by atoms with E-state index in [2.05, 4.69) is 20.3 Å². The molecule has 1 unspecified atom stereocenters. The van der Waals surface area contributed by atoms with E-state index >= 15 is 0 Å². The Balaban J connectivity index is 1.50. The van der Waals surface area contributed by atoms with Gasteiger partial charge in [0.2, 0.25) is 11.8 Å². The second kappa shape index (κ2) is 5.83. The zero-order chi connectivity index (χ0) is 14.9. The lowest BCUT2D eigenvalue weighted by Gasteiger charge is -2.32. The van der Waals surface area contributed by atoms with Gasteiger partial charge < -0.3 is 8.94 Å². The van der Waals surface area contributed by atoms with Crippen molar-refractivity contribution in [2.45, 2.75) is 64.0 Å². The van der Waals surface area contributed by atoms with Crippen LogP contribution in [0.15, 0.2) is 15.0 Å². The Hall–Kier alpha value is -1.69. The third-order valence-electron chi connectivity index (χ3n) is 4.85. The summed E-state index contributed by atoms with van der Waals surface area (Å²) in [4.78, 5) is 2.38. The average molecular weight is 302 g/mol. The number of nitrogens with zero attached hydrogens (tertiary/aromatic N) is 4. The second-order valence-corrected chi connectivity index (χ2v) is 6.52. The fraction of sp³-hybridized carbons (Fsp3) is 0.688. The number of likely N-dealkylation sites (tertiary alicyclic amines) is 1. The molecule has 2 aliphatic rings. The smallest absolute Gasteiger partial charge is 0.233 e. The first-order chi connectivity index (χ1) is 10.8. The molecule has 0 aromatic carbocycles. The van der Waals surface area contributed by atoms with E-state index in [0.717, 1.165) is 42.7 Å². The van der Waals surface area contributed by atoms with Crippen molar-refractivity contribution in [1.29, 1.82) is 0 Å². The van der Waals surface area contributed by atoms with Gasteiger partial charge in [-0.05, 0) is 39.2 Å². The zero-order valence-electron chi connectivity index (χ0n) is 13.0. The molecule has 1 saturated heterocycles. The van der Waals surface area contributed by atoms with Crippen LogP contribution in [0.25, 0.3) is 0 Å². The largest absolute Gasteiger partial charge is 0.423 e. The highest BCUT2D eigenvalue weighted by atomic mass is 16.5. The summed E-state index contributed by atoms with van der Waals surface area (Å²) in [7, 11) is 0. The first kappa shape index (κ1) is 13.9. The summed E-state index contributed by atoms with van der Waals surface area (Å²) in [5.41, 5.74) is 0.925. The standard InChI is InChI=1S/C16H22N4O2/c1-11-9-13(22-19-11)10-20-8-3-2-7-14(20)16-18-17-15(21-16)12-5-4-6-12/h9,12,14H,2-8,10H2,1H3. The number of hydrogen-bond acceptors (Lipinski definition) is 6. The van der Waals surface area contributed by atoms with Crippen LogP contribution in [0.4, 0.5) is 0 Å². The summed E-state index contributed by atoms with van der Waals surface area (Å²) >= 11 is 0. The van der Waals surface area contributed by atoms with Crippen molar-refractivity contribution < 1.29 is 8.94 Å². The lowest BCUT2D eigenvalue weighted by atomic mass is 9.85. The molecule has 4 rings (SSSR count).